The van der Waals surface area contributed by atoms with Crippen LogP contribution in [-0.4, -0.2) is 61.7 Å². The average Bonchev–Trinajstić information content (AvgIpc) is 3.06. The van der Waals surface area contributed by atoms with Crippen LogP contribution in [0.1, 0.15) is 35.1 Å². The summed E-state index contributed by atoms with van der Waals surface area (Å²) in [5.41, 5.74) is 0.654. The van der Waals surface area contributed by atoms with Crippen LogP contribution in [0.2, 0.25) is 5.02 Å². The second kappa shape index (κ2) is 7.52. The Hall–Kier alpha value is -3.14. The van der Waals surface area contributed by atoms with Gasteiger partial charge in [0.25, 0.3) is 5.91 Å². The number of hydrogen-bond acceptors (Lipinski definition) is 4. The fourth-order valence-corrected chi connectivity index (χ4v) is 4.08. The first-order valence-electron chi connectivity index (χ1n) is 9.73. The number of carboxylic acid groups (broad SMARTS) is 1. The molecule has 0 bridgehead atoms. The van der Waals surface area contributed by atoms with Crippen LogP contribution in [0, 0.1) is 5.82 Å². The number of anilines is 1. The van der Waals surface area contributed by atoms with Crippen molar-refractivity contribution in [1.82, 2.24) is 19.6 Å². The summed E-state index contributed by atoms with van der Waals surface area (Å²) in [6, 6.07) is 3.48. The molecule has 0 aliphatic carbocycles. The largest absolute Gasteiger partial charge is 0.480 e. The molecule has 1 aromatic heterocycles. The van der Waals surface area contributed by atoms with E-state index in [1.54, 1.807) is 4.68 Å². The van der Waals surface area contributed by atoms with Gasteiger partial charge in [-0.1, -0.05) is 11.6 Å². The third-order valence-electron chi connectivity index (χ3n) is 6.08. The maximum Gasteiger partial charge on any atom is 0.329 e. The highest BCUT2D eigenvalue weighted by Crippen LogP contribution is 2.31. The molecule has 3 amide bonds. The lowest BCUT2D eigenvalue weighted by Gasteiger charge is -2.33. The second-order valence-electron chi connectivity index (χ2n) is 7.92. The van der Waals surface area contributed by atoms with Gasteiger partial charge in [-0.15, -0.1) is 0 Å². The Bertz CT molecular complexity index is 1100. The molecule has 0 saturated carbocycles. The average molecular weight is 450 g/mol. The second-order valence-corrected chi connectivity index (χ2v) is 8.33. The molecule has 2 aromatic rings. The Morgan fingerprint density at radius 1 is 1.32 bits per heavy atom. The summed E-state index contributed by atoms with van der Waals surface area (Å²) < 4.78 is 14.9. The van der Waals surface area contributed by atoms with Crippen molar-refractivity contribution >= 4 is 35.2 Å². The van der Waals surface area contributed by atoms with Crippen molar-refractivity contribution in [2.24, 2.45) is 0 Å². The predicted octanol–water partition coefficient (Wildman–Crippen LogP) is 2.58. The highest BCUT2D eigenvalue weighted by Gasteiger charge is 2.45. The number of benzene rings is 1. The number of urea groups is 1. The number of likely N-dealkylation sites (N-methyl/N-ethyl adjacent to an activating group) is 1. The van der Waals surface area contributed by atoms with Crippen LogP contribution in [0.4, 0.5) is 14.9 Å². The first-order valence-corrected chi connectivity index (χ1v) is 10.1. The zero-order valence-corrected chi connectivity index (χ0v) is 17.7. The molecule has 1 aromatic carbocycles. The van der Waals surface area contributed by atoms with Crippen molar-refractivity contribution < 1.29 is 23.9 Å². The fraction of sp³-hybridized carbons (Fsp3) is 0.400. The van der Waals surface area contributed by atoms with Crippen LogP contribution in [0.5, 0.6) is 0 Å². The van der Waals surface area contributed by atoms with Crippen molar-refractivity contribution in [2.75, 3.05) is 18.9 Å². The third kappa shape index (κ3) is 3.50. The molecule has 9 nitrogen and oxygen atoms in total. The monoisotopic (exact) mass is 449 g/mol. The molecular formula is C20H21ClFN5O4. The van der Waals surface area contributed by atoms with Crippen molar-refractivity contribution in [3.8, 4) is 0 Å². The quantitative estimate of drug-likeness (QED) is 0.732. The zero-order valence-electron chi connectivity index (χ0n) is 17.0. The number of fused-ring (bicyclic) bond motifs is 3. The van der Waals surface area contributed by atoms with Gasteiger partial charge in [0.2, 0.25) is 0 Å². The van der Waals surface area contributed by atoms with Gasteiger partial charge in [-0.3, -0.25) is 9.48 Å². The number of hydrogen-bond donors (Lipinski definition) is 2. The van der Waals surface area contributed by atoms with E-state index in [0.717, 1.165) is 11.8 Å². The minimum atomic E-state index is -1.35. The lowest BCUT2D eigenvalue weighted by Crippen LogP contribution is -2.52. The number of carboxylic acids is 1. The minimum Gasteiger partial charge on any atom is -0.480 e. The molecule has 0 fully saturated rings. The van der Waals surface area contributed by atoms with E-state index in [0.29, 0.717) is 29.9 Å². The molecule has 0 radical (unpaired) electrons. The summed E-state index contributed by atoms with van der Waals surface area (Å²) in [6.45, 7) is 2.33. The Labute approximate surface area is 182 Å². The van der Waals surface area contributed by atoms with Gasteiger partial charge < -0.3 is 20.2 Å². The van der Waals surface area contributed by atoms with Crippen molar-refractivity contribution in [3.63, 3.8) is 0 Å². The smallest absolute Gasteiger partial charge is 0.329 e. The summed E-state index contributed by atoms with van der Waals surface area (Å²) in [5, 5.41) is 16.7. The van der Waals surface area contributed by atoms with Gasteiger partial charge in [0.1, 0.15) is 17.1 Å². The van der Waals surface area contributed by atoms with E-state index in [1.807, 2.05) is 0 Å². The third-order valence-corrected chi connectivity index (χ3v) is 6.37. The molecule has 164 valence electrons. The van der Waals surface area contributed by atoms with E-state index >= 15 is 0 Å². The predicted molar refractivity (Wildman–Crippen MR) is 110 cm³/mol. The first kappa shape index (κ1) is 21.1. The van der Waals surface area contributed by atoms with Crippen molar-refractivity contribution in [1.29, 1.82) is 0 Å². The van der Waals surface area contributed by atoms with Crippen LogP contribution in [0.3, 0.4) is 0 Å². The zero-order chi connectivity index (χ0) is 22.5. The van der Waals surface area contributed by atoms with Crippen molar-refractivity contribution in [3.05, 3.63) is 46.0 Å². The van der Waals surface area contributed by atoms with Gasteiger partial charge in [0.05, 0.1) is 17.3 Å². The van der Waals surface area contributed by atoms with Crippen LogP contribution in [0.25, 0.3) is 0 Å². The number of halogens is 2. The highest BCUT2D eigenvalue weighted by molar-refractivity contribution is 6.31. The molecule has 2 aliphatic heterocycles. The minimum absolute atomic E-state index is 0.101. The molecule has 1 atom stereocenters. The van der Waals surface area contributed by atoms with E-state index in [1.165, 1.54) is 35.9 Å². The molecule has 4 rings (SSSR count). The molecule has 2 N–H and O–H groups in total. The van der Waals surface area contributed by atoms with Crippen LogP contribution >= 0.6 is 11.6 Å². The summed E-state index contributed by atoms with van der Waals surface area (Å²) in [7, 11) is 1.47. The number of aryl methyl sites for hydroxylation is 1. The molecule has 2 aliphatic rings. The van der Waals surface area contributed by atoms with E-state index in [-0.39, 0.29) is 24.5 Å². The summed E-state index contributed by atoms with van der Waals surface area (Å²) in [5.74, 6) is -2.11. The summed E-state index contributed by atoms with van der Waals surface area (Å²) in [4.78, 5) is 40.5. The number of nitrogens with zero attached hydrogens (tertiary/aromatic N) is 4. The number of carbonyl (C=O) groups excluding carboxylic acids is 2. The number of rotatable bonds is 2. The number of nitrogens with one attached hydrogen (secondary N) is 1. The van der Waals surface area contributed by atoms with Crippen molar-refractivity contribution in [2.45, 2.75) is 38.4 Å². The van der Waals surface area contributed by atoms with E-state index in [4.69, 9.17) is 11.6 Å². The molecule has 1 unspecified atom stereocenters. The van der Waals surface area contributed by atoms with Crippen LogP contribution in [-0.2, 0) is 24.3 Å². The van der Waals surface area contributed by atoms with Gasteiger partial charge in [-0.25, -0.2) is 14.0 Å². The highest BCUT2D eigenvalue weighted by atomic mass is 35.5. The van der Waals surface area contributed by atoms with E-state index in [9.17, 15) is 23.9 Å². The van der Waals surface area contributed by atoms with Gasteiger partial charge in [0.15, 0.2) is 0 Å². The maximum absolute atomic E-state index is 13.4. The van der Waals surface area contributed by atoms with Crippen LogP contribution in [0.15, 0.2) is 18.2 Å². The maximum atomic E-state index is 13.4. The molecule has 0 saturated heterocycles. The Balaban J connectivity index is 1.59. The molecule has 0 spiro atoms. The normalized spacial score (nSPS) is 20.7. The van der Waals surface area contributed by atoms with E-state index in [2.05, 4.69) is 10.4 Å². The van der Waals surface area contributed by atoms with Gasteiger partial charge in [-0.2, -0.15) is 5.10 Å². The topological polar surface area (TPSA) is 108 Å². The Kier molecular flexibility index (Phi) is 5.12. The summed E-state index contributed by atoms with van der Waals surface area (Å²) in [6.07, 6.45) is 0.674. The lowest BCUT2D eigenvalue weighted by atomic mass is 9.96. The molecule has 3 heterocycles. The Morgan fingerprint density at radius 3 is 2.74 bits per heavy atom. The standard InChI is InChI=1S/C20H21ClFN5O4/c1-20(18(29)30)6-8-27-16(17(28)25(20)2)12-10-26(7-5-15(12)24-27)19(31)23-11-3-4-14(22)13(21)9-11/h3-4,9H,5-8,10H2,1-2H3,(H,23,31)(H,29,30). The SMILES string of the molecule is CN1C(=O)c2c3c(nn2CCC1(C)C(=O)O)CCN(C(=O)Nc1ccc(F)c(Cl)c1)C3. The Morgan fingerprint density at radius 2 is 2.06 bits per heavy atom. The first-order chi connectivity index (χ1) is 14.6. The van der Waals surface area contributed by atoms with E-state index < -0.39 is 29.3 Å². The number of aromatic nitrogens is 2. The van der Waals surface area contributed by atoms with Gasteiger partial charge in [-0.05, 0) is 25.1 Å². The molecule has 11 heteroatoms. The molecular weight excluding hydrogens is 429 g/mol. The fourth-order valence-electron chi connectivity index (χ4n) is 3.90. The number of carbonyl (C=O) groups is 3. The lowest BCUT2D eigenvalue weighted by molar-refractivity contribution is -0.148. The number of amides is 3. The van der Waals surface area contributed by atoms with Gasteiger partial charge in [0, 0.05) is 44.2 Å². The van der Waals surface area contributed by atoms with Crippen LogP contribution < -0.4 is 5.32 Å². The van der Waals surface area contributed by atoms with Gasteiger partial charge >= 0.3 is 12.0 Å². The summed E-state index contributed by atoms with van der Waals surface area (Å²) >= 11 is 5.77. The molecule has 31 heavy (non-hydrogen) atoms. The number of aliphatic carboxylic acids is 1.